The molecular weight excluding hydrogens is 178 g/mol. The van der Waals surface area contributed by atoms with Gasteiger partial charge < -0.3 is 10.7 Å². The summed E-state index contributed by atoms with van der Waals surface area (Å²) in [7, 11) is 0. The van der Waals surface area contributed by atoms with E-state index in [-0.39, 0.29) is 5.41 Å². The normalized spacial score (nSPS) is 11.1. The predicted molar refractivity (Wildman–Crippen MR) is 57.8 cm³/mol. The first-order chi connectivity index (χ1) is 6.51. The van der Waals surface area contributed by atoms with E-state index in [1.165, 1.54) is 0 Å². The second-order valence-corrected chi connectivity index (χ2v) is 4.35. The van der Waals surface area contributed by atoms with Crippen LogP contribution in [-0.4, -0.2) is 16.5 Å². The number of aromatic nitrogens is 2. The number of anilines is 2. The van der Waals surface area contributed by atoms with E-state index in [2.05, 4.69) is 41.5 Å². The highest BCUT2D eigenvalue weighted by molar-refractivity contribution is 5.40. The average molecular weight is 195 g/mol. The summed E-state index contributed by atoms with van der Waals surface area (Å²) in [5.41, 5.74) is 2.67. The van der Waals surface area contributed by atoms with Gasteiger partial charge in [-0.05, 0) is 5.41 Å². The molecule has 78 valence electrons. The largest absolute Gasteiger partial charge is 0.368 e. The highest BCUT2D eigenvalue weighted by Crippen LogP contribution is 2.14. The second-order valence-electron chi connectivity index (χ2n) is 4.35. The zero-order chi connectivity index (χ0) is 10.6. The molecule has 1 aromatic rings. The number of hydrazine groups is 1. The third kappa shape index (κ3) is 3.57. The summed E-state index contributed by atoms with van der Waals surface area (Å²) < 4.78 is 0. The number of nitrogens with one attached hydrogen (secondary N) is 2. The van der Waals surface area contributed by atoms with Gasteiger partial charge in [-0.1, -0.05) is 20.8 Å². The first-order valence-corrected chi connectivity index (χ1v) is 4.54. The smallest absolute Gasteiger partial charge is 0.160 e. The van der Waals surface area contributed by atoms with Crippen LogP contribution in [0.4, 0.5) is 11.6 Å². The van der Waals surface area contributed by atoms with E-state index >= 15 is 0 Å². The quantitative estimate of drug-likeness (QED) is 0.499. The van der Waals surface area contributed by atoms with Crippen LogP contribution in [0.1, 0.15) is 20.8 Å². The molecule has 4 N–H and O–H groups in total. The van der Waals surface area contributed by atoms with E-state index in [9.17, 15) is 0 Å². The van der Waals surface area contributed by atoms with Crippen molar-refractivity contribution in [1.29, 1.82) is 0 Å². The van der Waals surface area contributed by atoms with Gasteiger partial charge in [0, 0.05) is 6.54 Å². The fourth-order valence-electron chi connectivity index (χ4n) is 0.876. The number of nitrogen functional groups attached to an aromatic ring is 1. The molecule has 0 aliphatic rings. The second kappa shape index (κ2) is 4.23. The monoisotopic (exact) mass is 195 g/mol. The van der Waals surface area contributed by atoms with E-state index in [1.54, 1.807) is 12.4 Å². The Balaban J connectivity index is 2.59. The van der Waals surface area contributed by atoms with Crippen molar-refractivity contribution in [3.8, 4) is 0 Å². The van der Waals surface area contributed by atoms with Crippen molar-refractivity contribution in [1.82, 2.24) is 9.97 Å². The van der Waals surface area contributed by atoms with Crippen LogP contribution >= 0.6 is 0 Å². The molecule has 14 heavy (non-hydrogen) atoms. The summed E-state index contributed by atoms with van der Waals surface area (Å²) in [6.07, 6.45) is 3.24. The molecule has 0 unspecified atom stereocenters. The van der Waals surface area contributed by atoms with Crippen LogP contribution in [-0.2, 0) is 0 Å². The SMILES string of the molecule is CC(C)(C)CNc1cncc(NN)n1. The Morgan fingerprint density at radius 1 is 1.29 bits per heavy atom. The number of rotatable bonds is 3. The van der Waals surface area contributed by atoms with Crippen molar-refractivity contribution in [3.63, 3.8) is 0 Å². The summed E-state index contributed by atoms with van der Waals surface area (Å²) in [6, 6.07) is 0. The molecule has 1 rings (SSSR count). The molecule has 5 nitrogen and oxygen atoms in total. The van der Waals surface area contributed by atoms with Crippen LogP contribution in [0.3, 0.4) is 0 Å². The molecule has 5 heteroatoms. The highest BCUT2D eigenvalue weighted by atomic mass is 15.3. The highest BCUT2D eigenvalue weighted by Gasteiger charge is 2.09. The van der Waals surface area contributed by atoms with E-state index in [4.69, 9.17) is 5.84 Å². The van der Waals surface area contributed by atoms with Crippen LogP contribution in [0.15, 0.2) is 12.4 Å². The van der Waals surface area contributed by atoms with Crippen molar-refractivity contribution < 1.29 is 0 Å². The molecule has 0 amide bonds. The van der Waals surface area contributed by atoms with Gasteiger partial charge in [0.2, 0.25) is 0 Å². The van der Waals surface area contributed by atoms with Crippen LogP contribution in [0.5, 0.6) is 0 Å². The molecule has 0 saturated heterocycles. The van der Waals surface area contributed by atoms with Crippen molar-refractivity contribution in [3.05, 3.63) is 12.4 Å². The first-order valence-electron chi connectivity index (χ1n) is 4.54. The Labute approximate surface area is 84.1 Å². The maximum atomic E-state index is 5.22. The Kier molecular flexibility index (Phi) is 3.24. The molecule has 1 heterocycles. The van der Waals surface area contributed by atoms with E-state index in [0.717, 1.165) is 12.4 Å². The number of hydrogen-bond donors (Lipinski definition) is 3. The number of nitrogens with two attached hydrogens (primary N) is 1. The maximum Gasteiger partial charge on any atom is 0.160 e. The third-order valence-electron chi connectivity index (χ3n) is 1.58. The van der Waals surface area contributed by atoms with E-state index in [0.29, 0.717) is 5.82 Å². The lowest BCUT2D eigenvalue weighted by Gasteiger charge is -2.18. The van der Waals surface area contributed by atoms with E-state index in [1.807, 2.05) is 0 Å². The maximum absolute atomic E-state index is 5.22. The zero-order valence-corrected chi connectivity index (χ0v) is 8.83. The third-order valence-corrected chi connectivity index (χ3v) is 1.58. The fourth-order valence-corrected chi connectivity index (χ4v) is 0.876. The predicted octanol–water partition coefficient (Wildman–Crippen LogP) is 1.22. The molecule has 0 radical (unpaired) electrons. The van der Waals surface area contributed by atoms with E-state index < -0.39 is 0 Å². The number of hydrogen-bond acceptors (Lipinski definition) is 5. The topological polar surface area (TPSA) is 75.9 Å². The lowest BCUT2D eigenvalue weighted by Crippen LogP contribution is -2.20. The molecule has 0 atom stereocenters. The fraction of sp³-hybridized carbons (Fsp3) is 0.556. The van der Waals surface area contributed by atoms with Crippen LogP contribution < -0.4 is 16.6 Å². The summed E-state index contributed by atoms with van der Waals surface area (Å²) in [4.78, 5) is 8.17. The minimum Gasteiger partial charge on any atom is -0.368 e. The van der Waals surface area contributed by atoms with Crippen molar-refractivity contribution in [2.45, 2.75) is 20.8 Å². The molecule has 0 spiro atoms. The Morgan fingerprint density at radius 3 is 2.50 bits per heavy atom. The summed E-state index contributed by atoms with van der Waals surface area (Å²) in [6.45, 7) is 7.30. The number of nitrogens with zero attached hydrogens (tertiary/aromatic N) is 2. The van der Waals surface area contributed by atoms with Crippen molar-refractivity contribution >= 4 is 11.6 Å². The molecule has 0 bridgehead atoms. The Bertz CT molecular complexity index is 291. The van der Waals surface area contributed by atoms with Gasteiger partial charge in [0.05, 0.1) is 12.4 Å². The molecule has 0 saturated carbocycles. The van der Waals surface area contributed by atoms with Crippen LogP contribution in [0.25, 0.3) is 0 Å². The van der Waals surface area contributed by atoms with Gasteiger partial charge in [0.25, 0.3) is 0 Å². The minimum atomic E-state index is 0.216. The molecular formula is C9H17N5. The lowest BCUT2D eigenvalue weighted by atomic mass is 9.97. The van der Waals surface area contributed by atoms with Gasteiger partial charge in [0.1, 0.15) is 5.82 Å². The van der Waals surface area contributed by atoms with Gasteiger partial charge in [-0.3, -0.25) is 4.98 Å². The van der Waals surface area contributed by atoms with Gasteiger partial charge in [-0.25, -0.2) is 10.8 Å². The van der Waals surface area contributed by atoms with Crippen molar-refractivity contribution in [2.24, 2.45) is 11.3 Å². The Morgan fingerprint density at radius 2 is 1.93 bits per heavy atom. The average Bonchev–Trinajstić information content (AvgIpc) is 2.14. The zero-order valence-electron chi connectivity index (χ0n) is 8.83. The molecule has 0 fully saturated rings. The molecule has 1 aromatic heterocycles. The minimum absolute atomic E-state index is 0.216. The van der Waals surface area contributed by atoms with Gasteiger partial charge in [0.15, 0.2) is 5.82 Å². The first kappa shape index (κ1) is 10.7. The summed E-state index contributed by atoms with van der Waals surface area (Å²) in [5.74, 6) is 6.51. The van der Waals surface area contributed by atoms with Crippen LogP contribution in [0, 0.1) is 5.41 Å². The lowest BCUT2D eigenvalue weighted by molar-refractivity contribution is 0.442. The van der Waals surface area contributed by atoms with Crippen molar-refractivity contribution in [2.75, 3.05) is 17.3 Å². The summed E-state index contributed by atoms with van der Waals surface area (Å²) >= 11 is 0. The summed E-state index contributed by atoms with van der Waals surface area (Å²) in [5, 5.41) is 3.19. The molecule has 0 aliphatic carbocycles. The standard InChI is InChI=1S/C9H17N5/c1-9(2,3)6-12-7-4-11-5-8(13-7)14-10/h4-5H,6,10H2,1-3H3,(H2,12,13,14). The van der Waals surface area contributed by atoms with Crippen LogP contribution in [0.2, 0.25) is 0 Å². The molecule has 0 aliphatic heterocycles. The van der Waals surface area contributed by atoms with Gasteiger partial charge >= 0.3 is 0 Å². The van der Waals surface area contributed by atoms with Gasteiger partial charge in [-0.2, -0.15) is 0 Å². The Hall–Kier alpha value is -1.36. The molecule has 0 aromatic carbocycles. The van der Waals surface area contributed by atoms with Gasteiger partial charge in [-0.15, -0.1) is 0 Å².